The summed E-state index contributed by atoms with van der Waals surface area (Å²) in [4.78, 5) is 20.6. The molecule has 0 spiro atoms. The maximum atomic E-state index is 11.1. The molecule has 0 bridgehead atoms. The zero-order valence-electron chi connectivity index (χ0n) is 9.20. The number of nitrogen functional groups attached to an aromatic ring is 1. The molecule has 0 atom stereocenters. The molecule has 16 heavy (non-hydrogen) atoms. The maximum Gasteiger partial charge on any atom is 0.222 e. The molecule has 1 aromatic heterocycles. The van der Waals surface area contributed by atoms with Gasteiger partial charge in [-0.1, -0.05) is 11.6 Å². The van der Waals surface area contributed by atoms with Crippen molar-refractivity contribution < 1.29 is 4.79 Å². The molecule has 1 amide bonds. The molecule has 0 aliphatic carbocycles. The van der Waals surface area contributed by atoms with Crippen molar-refractivity contribution in [3.05, 3.63) is 11.2 Å². The fourth-order valence-electron chi connectivity index (χ4n) is 1.14. The minimum Gasteiger partial charge on any atom is -0.368 e. The third-order valence-corrected chi connectivity index (χ3v) is 2.33. The Morgan fingerprint density at radius 2 is 2.38 bits per heavy atom. The fourth-order valence-corrected chi connectivity index (χ4v) is 1.37. The minimum absolute atomic E-state index is 0.0370. The highest BCUT2D eigenvalue weighted by Crippen LogP contribution is 2.21. The summed E-state index contributed by atoms with van der Waals surface area (Å²) in [6, 6.07) is 0. The van der Waals surface area contributed by atoms with Gasteiger partial charge < -0.3 is 16.0 Å². The van der Waals surface area contributed by atoms with Crippen LogP contribution in [0.3, 0.4) is 0 Å². The number of hydrogen-bond acceptors (Lipinski definition) is 5. The molecule has 0 saturated carbocycles. The van der Waals surface area contributed by atoms with E-state index in [-0.39, 0.29) is 11.9 Å². The number of aromatic nitrogens is 2. The SMILES string of the molecule is CNC(=O)CCN(C)c1nc(N)ncc1Cl. The van der Waals surface area contributed by atoms with Gasteiger partial charge in [0.25, 0.3) is 0 Å². The van der Waals surface area contributed by atoms with Crippen molar-refractivity contribution in [1.82, 2.24) is 15.3 Å². The molecule has 0 fully saturated rings. The van der Waals surface area contributed by atoms with Crippen molar-refractivity contribution in [1.29, 1.82) is 0 Å². The average Bonchev–Trinajstić information content (AvgIpc) is 2.28. The van der Waals surface area contributed by atoms with E-state index in [2.05, 4.69) is 15.3 Å². The topological polar surface area (TPSA) is 84.1 Å². The number of nitrogens with one attached hydrogen (secondary N) is 1. The van der Waals surface area contributed by atoms with Gasteiger partial charge in [0, 0.05) is 27.1 Å². The molecular formula is C9H14ClN5O. The normalized spacial score (nSPS) is 9.94. The second-order valence-electron chi connectivity index (χ2n) is 3.24. The number of carbonyl (C=O) groups excluding carboxylic acids is 1. The lowest BCUT2D eigenvalue weighted by Gasteiger charge is -2.18. The van der Waals surface area contributed by atoms with Crippen molar-refractivity contribution in [2.24, 2.45) is 0 Å². The Morgan fingerprint density at radius 1 is 1.69 bits per heavy atom. The van der Waals surface area contributed by atoms with Crippen LogP contribution in [-0.4, -0.2) is 36.5 Å². The first kappa shape index (κ1) is 12.5. The fraction of sp³-hybridized carbons (Fsp3) is 0.444. The number of amides is 1. The molecule has 0 radical (unpaired) electrons. The van der Waals surface area contributed by atoms with Crippen molar-refractivity contribution >= 4 is 29.3 Å². The van der Waals surface area contributed by atoms with Crippen molar-refractivity contribution in [3.8, 4) is 0 Å². The van der Waals surface area contributed by atoms with E-state index in [9.17, 15) is 4.79 Å². The average molecular weight is 244 g/mol. The molecule has 6 nitrogen and oxygen atoms in total. The van der Waals surface area contributed by atoms with E-state index in [1.54, 1.807) is 19.0 Å². The van der Waals surface area contributed by atoms with Crippen LogP contribution >= 0.6 is 11.6 Å². The lowest BCUT2D eigenvalue weighted by molar-refractivity contribution is -0.120. The quantitative estimate of drug-likeness (QED) is 0.794. The largest absolute Gasteiger partial charge is 0.368 e. The number of nitrogens with two attached hydrogens (primary N) is 1. The number of rotatable bonds is 4. The molecule has 1 rings (SSSR count). The first-order chi connectivity index (χ1) is 7.54. The molecule has 7 heteroatoms. The molecular weight excluding hydrogens is 230 g/mol. The lowest BCUT2D eigenvalue weighted by atomic mass is 10.3. The monoisotopic (exact) mass is 243 g/mol. The van der Waals surface area contributed by atoms with E-state index in [4.69, 9.17) is 17.3 Å². The molecule has 0 saturated heterocycles. The van der Waals surface area contributed by atoms with Crippen LogP contribution in [0.15, 0.2) is 6.20 Å². The van der Waals surface area contributed by atoms with Crippen LogP contribution in [0, 0.1) is 0 Å². The molecule has 0 aromatic carbocycles. The Hall–Kier alpha value is -1.56. The van der Waals surface area contributed by atoms with E-state index < -0.39 is 0 Å². The van der Waals surface area contributed by atoms with Crippen LogP contribution in [0.4, 0.5) is 11.8 Å². The van der Waals surface area contributed by atoms with Crippen LogP contribution in [0.1, 0.15) is 6.42 Å². The molecule has 1 heterocycles. The predicted octanol–water partition coefficient (Wildman–Crippen LogP) is 0.285. The Bertz CT molecular complexity index is 384. The van der Waals surface area contributed by atoms with Gasteiger partial charge in [0.15, 0.2) is 5.82 Å². The summed E-state index contributed by atoms with van der Waals surface area (Å²) in [6.45, 7) is 0.510. The summed E-state index contributed by atoms with van der Waals surface area (Å²) < 4.78 is 0. The zero-order valence-corrected chi connectivity index (χ0v) is 9.95. The number of anilines is 2. The van der Waals surface area contributed by atoms with Crippen LogP contribution in [-0.2, 0) is 4.79 Å². The highest BCUT2D eigenvalue weighted by Gasteiger charge is 2.10. The van der Waals surface area contributed by atoms with E-state index in [0.717, 1.165) is 0 Å². The van der Waals surface area contributed by atoms with E-state index >= 15 is 0 Å². The minimum atomic E-state index is -0.0370. The predicted molar refractivity (Wildman–Crippen MR) is 63.4 cm³/mol. The number of halogens is 1. The lowest BCUT2D eigenvalue weighted by Crippen LogP contribution is -2.27. The molecule has 3 N–H and O–H groups in total. The summed E-state index contributed by atoms with van der Waals surface area (Å²) in [5.74, 6) is 0.647. The van der Waals surface area contributed by atoms with Crippen molar-refractivity contribution in [2.75, 3.05) is 31.3 Å². The highest BCUT2D eigenvalue weighted by molar-refractivity contribution is 6.32. The summed E-state index contributed by atoms with van der Waals surface area (Å²) in [6.07, 6.45) is 1.81. The smallest absolute Gasteiger partial charge is 0.222 e. The standard InChI is InChI=1S/C9H14ClN5O/c1-12-7(16)3-4-15(2)8-6(10)5-13-9(11)14-8/h5H,3-4H2,1-2H3,(H,12,16)(H2,11,13,14). The van der Waals surface area contributed by atoms with Crippen molar-refractivity contribution in [3.63, 3.8) is 0 Å². The Kier molecular flexibility index (Phi) is 4.30. The molecule has 1 aromatic rings. The summed E-state index contributed by atoms with van der Waals surface area (Å²) in [7, 11) is 3.38. The molecule has 0 aliphatic rings. The van der Waals surface area contributed by atoms with Gasteiger partial charge in [-0.05, 0) is 0 Å². The van der Waals surface area contributed by atoms with Gasteiger partial charge in [-0.3, -0.25) is 4.79 Å². The van der Waals surface area contributed by atoms with Crippen molar-refractivity contribution in [2.45, 2.75) is 6.42 Å². The second-order valence-corrected chi connectivity index (χ2v) is 3.65. The van der Waals surface area contributed by atoms with E-state index in [1.165, 1.54) is 6.20 Å². The summed E-state index contributed by atoms with van der Waals surface area (Å²) in [5.41, 5.74) is 5.46. The van der Waals surface area contributed by atoms with Crippen LogP contribution < -0.4 is 16.0 Å². The number of hydrogen-bond donors (Lipinski definition) is 2. The number of carbonyl (C=O) groups is 1. The van der Waals surface area contributed by atoms with E-state index in [1.807, 2.05) is 0 Å². The first-order valence-corrected chi connectivity index (χ1v) is 5.12. The summed E-state index contributed by atoms with van der Waals surface area (Å²) >= 11 is 5.92. The Morgan fingerprint density at radius 3 is 3.00 bits per heavy atom. The van der Waals surface area contributed by atoms with Crippen LogP contribution in [0.5, 0.6) is 0 Å². The van der Waals surface area contributed by atoms with Gasteiger partial charge >= 0.3 is 0 Å². The highest BCUT2D eigenvalue weighted by atomic mass is 35.5. The molecule has 88 valence electrons. The molecule has 0 aliphatic heterocycles. The van der Waals surface area contributed by atoms with Crippen LogP contribution in [0.25, 0.3) is 0 Å². The Balaban J connectivity index is 2.68. The van der Waals surface area contributed by atoms with Gasteiger partial charge in [-0.15, -0.1) is 0 Å². The zero-order chi connectivity index (χ0) is 12.1. The number of nitrogens with zero attached hydrogens (tertiary/aromatic N) is 3. The third-order valence-electron chi connectivity index (χ3n) is 2.06. The summed E-state index contributed by atoms with van der Waals surface area (Å²) in [5, 5.41) is 2.95. The van der Waals surface area contributed by atoms with Crippen LogP contribution in [0.2, 0.25) is 5.02 Å². The van der Waals surface area contributed by atoms with Gasteiger partial charge in [0.1, 0.15) is 5.02 Å². The third kappa shape index (κ3) is 3.23. The van der Waals surface area contributed by atoms with Gasteiger partial charge in [-0.2, -0.15) is 4.98 Å². The van der Waals surface area contributed by atoms with E-state index in [0.29, 0.717) is 23.8 Å². The van der Waals surface area contributed by atoms with Gasteiger partial charge in [-0.25, -0.2) is 4.98 Å². The second kappa shape index (κ2) is 5.50. The van der Waals surface area contributed by atoms with Gasteiger partial charge in [0.2, 0.25) is 11.9 Å². The maximum absolute atomic E-state index is 11.1. The Labute approximate surface area is 98.8 Å². The molecule has 0 unspecified atom stereocenters. The van der Waals surface area contributed by atoms with Gasteiger partial charge in [0.05, 0.1) is 6.20 Å². The first-order valence-electron chi connectivity index (χ1n) is 4.74.